The highest BCUT2D eigenvalue weighted by atomic mass is 16.4. The molecule has 1 fully saturated rings. The van der Waals surface area contributed by atoms with E-state index in [1.165, 1.54) is 6.20 Å². The van der Waals surface area contributed by atoms with Gasteiger partial charge in [-0.15, -0.1) is 0 Å². The minimum Gasteiger partial charge on any atom is -0.478 e. The molecule has 104 valence electrons. The number of pyridine rings is 1. The van der Waals surface area contributed by atoms with Crippen molar-refractivity contribution in [2.75, 3.05) is 38.6 Å². The monoisotopic (exact) mass is 263 g/mol. The Labute approximate surface area is 113 Å². The Kier molecular flexibility index (Phi) is 4.37. The highest BCUT2D eigenvalue weighted by molar-refractivity contribution is 5.94. The molecule has 0 amide bonds. The van der Waals surface area contributed by atoms with Gasteiger partial charge in [-0.25, -0.2) is 4.79 Å². The van der Waals surface area contributed by atoms with Gasteiger partial charge in [0, 0.05) is 32.0 Å². The van der Waals surface area contributed by atoms with Crippen LogP contribution in [0.5, 0.6) is 0 Å². The lowest BCUT2D eigenvalue weighted by atomic mass is 9.95. The first-order chi connectivity index (χ1) is 9.08. The predicted octanol–water partition coefficient (Wildman–Crippen LogP) is 1.56. The third-order valence-corrected chi connectivity index (χ3v) is 3.61. The number of hydrogen-bond acceptors (Lipinski definition) is 4. The van der Waals surface area contributed by atoms with Crippen molar-refractivity contribution in [3.05, 3.63) is 24.0 Å². The van der Waals surface area contributed by atoms with Crippen molar-refractivity contribution in [2.24, 2.45) is 5.92 Å². The van der Waals surface area contributed by atoms with Gasteiger partial charge in [-0.3, -0.25) is 4.98 Å². The van der Waals surface area contributed by atoms with Crippen molar-refractivity contribution in [3.8, 4) is 0 Å². The van der Waals surface area contributed by atoms with Crippen LogP contribution < -0.4 is 4.90 Å². The van der Waals surface area contributed by atoms with Crippen LogP contribution in [0.1, 0.15) is 23.2 Å². The van der Waals surface area contributed by atoms with E-state index in [2.05, 4.69) is 28.9 Å². The molecule has 1 aliphatic heterocycles. The number of rotatable bonds is 4. The first-order valence-electron chi connectivity index (χ1n) is 6.65. The first kappa shape index (κ1) is 13.8. The quantitative estimate of drug-likeness (QED) is 0.893. The van der Waals surface area contributed by atoms with Crippen LogP contribution in [0.2, 0.25) is 0 Å². The number of carbonyl (C=O) groups is 1. The van der Waals surface area contributed by atoms with Crippen molar-refractivity contribution in [1.82, 2.24) is 9.88 Å². The van der Waals surface area contributed by atoms with Crippen LogP contribution >= 0.6 is 0 Å². The average molecular weight is 263 g/mol. The van der Waals surface area contributed by atoms with E-state index in [-0.39, 0.29) is 0 Å². The molecule has 1 saturated heterocycles. The Morgan fingerprint density at radius 2 is 2.16 bits per heavy atom. The first-order valence-corrected chi connectivity index (χ1v) is 6.65. The maximum absolute atomic E-state index is 11.2. The molecule has 2 rings (SSSR count). The molecule has 0 aromatic carbocycles. The van der Waals surface area contributed by atoms with E-state index >= 15 is 0 Å². The van der Waals surface area contributed by atoms with E-state index in [4.69, 9.17) is 0 Å². The van der Waals surface area contributed by atoms with E-state index in [1.54, 1.807) is 12.3 Å². The molecular formula is C14H21N3O2. The molecule has 5 nitrogen and oxygen atoms in total. The summed E-state index contributed by atoms with van der Waals surface area (Å²) in [6.07, 6.45) is 5.32. The average Bonchev–Trinajstić information content (AvgIpc) is 2.39. The summed E-state index contributed by atoms with van der Waals surface area (Å²) in [7, 11) is 4.19. The van der Waals surface area contributed by atoms with Crippen LogP contribution in [0.3, 0.4) is 0 Å². The van der Waals surface area contributed by atoms with Gasteiger partial charge in [-0.05, 0) is 38.9 Å². The molecule has 2 heterocycles. The van der Waals surface area contributed by atoms with Crippen molar-refractivity contribution in [2.45, 2.75) is 12.8 Å². The topological polar surface area (TPSA) is 56.7 Å². The molecule has 1 aliphatic rings. The molecule has 0 radical (unpaired) electrons. The Morgan fingerprint density at radius 3 is 2.74 bits per heavy atom. The minimum atomic E-state index is -0.904. The van der Waals surface area contributed by atoms with Gasteiger partial charge in [-0.2, -0.15) is 0 Å². The van der Waals surface area contributed by atoms with Gasteiger partial charge in [0.05, 0.1) is 5.69 Å². The van der Waals surface area contributed by atoms with Crippen LogP contribution in [-0.2, 0) is 0 Å². The summed E-state index contributed by atoms with van der Waals surface area (Å²) >= 11 is 0. The SMILES string of the molecule is CN(C)CC1CCN(c2ccncc2C(=O)O)CC1. The van der Waals surface area contributed by atoms with Gasteiger partial charge in [0.15, 0.2) is 0 Å². The number of nitrogens with zero attached hydrogens (tertiary/aromatic N) is 3. The second kappa shape index (κ2) is 6.02. The fourth-order valence-corrected chi connectivity index (χ4v) is 2.70. The maximum atomic E-state index is 11.2. The number of aromatic nitrogens is 1. The summed E-state index contributed by atoms with van der Waals surface area (Å²) in [6, 6.07) is 1.80. The number of carboxylic acid groups (broad SMARTS) is 1. The van der Waals surface area contributed by atoms with Gasteiger partial charge in [-0.1, -0.05) is 0 Å². The highest BCUT2D eigenvalue weighted by Gasteiger charge is 2.22. The third kappa shape index (κ3) is 3.44. The summed E-state index contributed by atoms with van der Waals surface area (Å²) in [6.45, 7) is 2.95. The lowest BCUT2D eigenvalue weighted by Gasteiger charge is -2.35. The smallest absolute Gasteiger partial charge is 0.339 e. The number of aromatic carboxylic acids is 1. The van der Waals surface area contributed by atoms with Crippen molar-refractivity contribution in [3.63, 3.8) is 0 Å². The van der Waals surface area contributed by atoms with Gasteiger partial charge in [0.2, 0.25) is 0 Å². The summed E-state index contributed by atoms with van der Waals surface area (Å²) in [4.78, 5) is 19.5. The lowest BCUT2D eigenvalue weighted by molar-refractivity contribution is 0.0697. The normalized spacial score (nSPS) is 16.9. The molecule has 0 spiro atoms. The predicted molar refractivity (Wildman–Crippen MR) is 74.7 cm³/mol. The zero-order valence-electron chi connectivity index (χ0n) is 11.5. The summed E-state index contributed by atoms with van der Waals surface area (Å²) < 4.78 is 0. The number of piperidine rings is 1. The maximum Gasteiger partial charge on any atom is 0.339 e. The molecule has 0 atom stereocenters. The van der Waals surface area contributed by atoms with Crippen molar-refractivity contribution < 1.29 is 9.90 Å². The largest absolute Gasteiger partial charge is 0.478 e. The zero-order valence-corrected chi connectivity index (χ0v) is 11.5. The summed E-state index contributed by atoms with van der Waals surface area (Å²) in [5.41, 5.74) is 1.10. The van der Waals surface area contributed by atoms with E-state index in [0.717, 1.165) is 38.2 Å². The third-order valence-electron chi connectivity index (χ3n) is 3.61. The molecular weight excluding hydrogens is 242 g/mol. The summed E-state index contributed by atoms with van der Waals surface area (Å²) in [5.74, 6) is -0.195. The minimum absolute atomic E-state index is 0.300. The second-order valence-electron chi connectivity index (χ2n) is 5.39. The Balaban J connectivity index is 2.04. The molecule has 1 aromatic heterocycles. The summed E-state index contributed by atoms with van der Waals surface area (Å²) in [5, 5.41) is 9.19. The van der Waals surface area contributed by atoms with Crippen LogP contribution in [-0.4, -0.2) is 54.7 Å². The molecule has 5 heteroatoms. The zero-order chi connectivity index (χ0) is 13.8. The molecule has 19 heavy (non-hydrogen) atoms. The van der Waals surface area contributed by atoms with Gasteiger partial charge in [0.1, 0.15) is 5.56 Å². The molecule has 1 N–H and O–H groups in total. The lowest BCUT2D eigenvalue weighted by Crippen LogP contribution is -2.37. The number of carboxylic acids is 1. The van der Waals surface area contributed by atoms with Gasteiger partial charge in [0.25, 0.3) is 0 Å². The number of anilines is 1. The van der Waals surface area contributed by atoms with Crippen LogP contribution in [0.15, 0.2) is 18.5 Å². The standard InChI is InChI=1S/C14H21N3O2/c1-16(2)10-11-4-7-17(8-5-11)13-3-6-15-9-12(13)14(18)19/h3,6,9,11H,4-5,7-8,10H2,1-2H3,(H,18,19). The number of hydrogen-bond donors (Lipinski definition) is 1. The molecule has 0 saturated carbocycles. The Bertz CT molecular complexity index is 440. The molecule has 1 aromatic rings. The molecule has 0 aliphatic carbocycles. The fraction of sp³-hybridized carbons (Fsp3) is 0.571. The van der Waals surface area contributed by atoms with Crippen molar-refractivity contribution >= 4 is 11.7 Å². The Morgan fingerprint density at radius 1 is 1.47 bits per heavy atom. The van der Waals surface area contributed by atoms with E-state index in [9.17, 15) is 9.90 Å². The van der Waals surface area contributed by atoms with E-state index in [1.807, 2.05) is 0 Å². The second-order valence-corrected chi connectivity index (χ2v) is 5.39. The molecule has 0 bridgehead atoms. The van der Waals surface area contributed by atoms with Crippen LogP contribution in [0, 0.1) is 5.92 Å². The van der Waals surface area contributed by atoms with Crippen LogP contribution in [0.4, 0.5) is 5.69 Å². The Hall–Kier alpha value is -1.62. The molecule has 0 unspecified atom stereocenters. The van der Waals surface area contributed by atoms with Gasteiger partial charge < -0.3 is 14.9 Å². The van der Waals surface area contributed by atoms with E-state index in [0.29, 0.717) is 11.5 Å². The van der Waals surface area contributed by atoms with Crippen LogP contribution in [0.25, 0.3) is 0 Å². The van der Waals surface area contributed by atoms with E-state index < -0.39 is 5.97 Å². The highest BCUT2D eigenvalue weighted by Crippen LogP contribution is 2.26. The van der Waals surface area contributed by atoms with Crippen molar-refractivity contribution in [1.29, 1.82) is 0 Å². The van der Waals surface area contributed by atoms with Gasteiger partial charge >= 0.3 is 5.97 Å². The fourth-order valence-electron chi connectivity index (χ4n) is 2.70.